The van der Waals surface area contributed by atoms with Gasteiger partial charge >= 0.3 is 6.03 Å². The molecule has 2 N–H and O–H groups in total. The summed E-state index contributed by atoms with van der Waals surface area (Å²) in [6.07, 6.45) is 0.797. The van der Waals surface area contributed by atoms with E-state index >= 15 is 0 Å². The Morgan fingerprint density at radius 2 is 1.75 bits per heavy atom. The maximum absolute atomic E-state index is 13.3. The minimum atomic E-state index is -0.234. The maximum atomic E-state index is 13.3. The van der Waals surface area contributed by atoms with Crippen molar-refractivity contribution in [1.29, 1.82) is 0 Å². The number of aromatic nitrogens is 1. The zero-order valence-electron chi connectivity index (χ0n) is 20.5. The number of H-pyrrole nitrogens is 1. The second-order valence-electron chi connectivity index (χ2n) is 9.23. The predicted molar refractivity (Wildman–Crippen MR) is 138 cm³/mol. The number of urea groups is 1. The van der Waals surface area contributed by atoms with Crippen molar-refractivity contribution in [1.82, 2.24) is 14.8 Å². The number of hydrogen-bond acceptors (Lipinski definition) is 6. The second kappa shape index (κ2) is 11.0. The third-order valence-corrected chi connectivity index (χ3v) is 6.54. The Morgan fingerprint density at radius 3 is 2.50 bits per heavy atom. The van der Waals surface area contributed by atoms with E-state index in [1.807, 2.05) is 43.3 Å². The fraction of sp³-hybridized carbons (Fsp3) is 0.407. The van der Waals surface area contributed by atoms with E-state index in [9.17, 15) is 9.59 Å². The van der Waals surface area contributed by atoms with Crippen LogP contribution in [0.3, 0.4) is 0 Å². The van der Waals surface area contributed by atoms with Crippen molar-refractivity contribution in [2.75, 3.05) is 57.9 Å². The number of pyridine rings is 1. The first-order valence-electron chi connectivity index (χ1n) is 12.4. The number of amides is 2. The minimum absolute atomic E-state index is 0.195. The molecule has 1 fully saturated rings. The molecule has 0 bridgehead atoms. The fourth-order valence-electron chi connectivity index (χ4n) is 4.51. The Bertz CT molecular complexity index is 1270. The smallest absolute Gasteiger partial charge is 0.322 e. The van der Waals surface area contributed by atoms with Crippen LogP contribution in [0.5, 0.6) is 11.5 Å². The van der Waals surface area contributed by atoms with E-state index < -0.39 is 0 Å². The van der Waals surface area contributed by atoms with Crippen LogP contribution in [0.1, 0.15) is 17.5 Å². The Balaban J connectivity index is 1.35. The number of benzene rings is 2. The van der Waals surface area contributed by atoms with Crippen LogP contribution >= 0.6 is 0 Å². The lowest BCUT2D eigenvalue weighted by Gasteiger charge is -2.28. The highest BCUT2D eigenvalue weighted by molar-refractivity contribution is 5.89. The number of carbonyl (C=O) groups excluding carboxylic acids is 1. The molecular formula is C27H32N4O5. The number of aromatic amines is 1. The van der Waals surface area contributed by atoms with Crippen LogP contribution in [0.2, 0.25) is 0 Å². The highest BCUT2D eigenvalue weighted by atomic mass is 16.6. The number of carbonyl (C=O) groups is 1. The van der Waals surface area contributed by atoms with E-state index in [0.29, 0.717) is 42.3 Å². The van der Waals surface area contributed by atoms with Crippen molar-refractivity contribution in [3.8, 4) is 11.5 Å². The van der Waals surface area contributed by atoms with Gasteiger partial charge in [-0.15, -0.1) is 0 Å². The third-order valence-electron chi connectivity index (χ3n) is 6.54. The summed E-state index contributed by atoms with van der Waals surface area (Å²) in [6, 6.07) is 12.9. The summed E-state index contributed by atoms with van der Waals surface area (Å²) < 4.78 is 16.8. The molecule has 3 aromatic rings. The number of nitrogens with zero attached hydrogens (tertiary/aromatic N) is 2. The van der Waals surface area contributed by atoms with Crippen molar-refractivity contribution in [2.24, 2.45) is 0 Å². The highest BCUT2D eigenvalue weighted by Crippen LogP contribution is 2.33. The number of nitrogens with one attached hydrogen (secondary N) is 2. The average molecular weight is 493 g/mol. The van der Waals surface area contributed by atoms with E-state index in [0.717, 1.165) is 55.9 Å². The molecule has 0 atom stereocenters. The lowest BCUT2D eigenvalue weighted by atomic mass is 10.1. The molecule has 1 saturated heterocycles. The summed E-state index contributed by atoms with van der Waals surface area (Å²) in [5.41, 5.74) is 2.82. The van der Waals surface area contributed by atoms with Crippen molar-refractivity contribution in [3.05, 3.63) is 63.9 Å². The van der Waals surface area contributed by atoms with Gasteiger partial charge in [-0.3, -0.25) is 9.69 Å². The number of rotatable bonds is 7. The Morgan fingerprint density at radius 1 is 1.03 bits per heavy atom. The SMILES string of the molecule is Cc1ccc(NC(=O)N(CCCN2CCOCC2)Cc2cc3cc4c(cc3[nH]c2=O)OCCO4)cc1. The number of anilines is 1. The zero-order valence-corrected chi connectivity index (χ0v) is 20.5. The summed E-state index contributed by atoms with van der Waals surface area (Å²) in [5, 5.41) is 3.81. The van der Waals surface area contributed by atoms with Crippen molar-refractivity contribution < 1.29 is 19.0 Å². The van der Waals surface area contributed by atoms with Gasteiger partial charge in [0.2, 0.25) is 0 Å². The molecular weight excluding hydrogens is 460 g/mol. The number of morpholine rings is 1. The van der Waals surface area contributed by atoms with Crippen molar-refractivity contribution >= 4 is 22.6 Å². The Kier molecular flexibility index (Phi) is 7.39. The lowest BCUT2D eigenvalue weighted by Crippen LogP contribution is -2.40. The third kappa shape index (κ3) is 5.80. The summed E-state index contributed by atoms with van der Waals surface area (Å²) in [7, 11) is 0. The van der Waals surface area contributed by atoms with Gasteiger partial charge in [-0.2, -0.15) is 0 Å². The largest absolute Gasteiger partial charge is 0.486 e. The van der Waals surface area contributed by atoms with Crippen LogP contribution in [0.15, 0.2) is 47.3 Å². The molecule has 5 rings (SSSR count). The topological polar surface area (TPSA) is 96.1 Å². The van der Waals surface area contributed by atoms with E-state index in [4.69, 9.17) is 14.2 Å². The highest BCUT2D eigenvalue weighted by Gasteiger charge is 2.19. The van der Waals surface area contributed by atoms with E-state index in [-0.39, 0.29) is 18.1 Å². The molecule has 9 heteroatoms. The van der Waals surface area contributed by atoms with Crippen LogP contribution in [-0.4, -0.2) is 73.4 Å². The van der Waals surface area contributed by atoms with Crippen LogP contribution < -0.4 is 20.3 Å². The average Bonchev–Trinajstić information content (AvgIpc) is 2.89. The van der Waals surface area contributed by atoms with Gasteiger partial charge in [-0.05, 0) is 37.6 Å². The van der Waals surface area contributed by atoms with Gasteiger partial charge in [0.15, 0.2) is 11.5 Å². The van der Waals surface area contributed by atoms with Gasteiger partial charge in [-0.1, -0.05) is 17.7 Å². The molecule has 2 amide bonds. The number of hydrogen-bond donors (Lipinski definition) is 2. The zero-order chi connectivity index (χ0) is 24.9. The molecule has 0 saturated carbocycles. The van der Waals surface area contributed by atoms with Gasteiger partial charge in [0.25, 0.3) is 5.56 Å². The van der Waals surface area contributed by atoms with Crippen LogP contribution in [0, 0.1) is 6.92 Å². The summed E-state index contributed by atoms with van der Waals surface area (Å²) in [6.45, 7) is 7.84. The molecule has 2 aromatic carbocycles. The van der Waals surface area contributed by atoms with Gasteiger partial charge in [0, 0.05) is 48.9 Å². The van der Waals surface area contributed by atoms with Crippen molar-refractivity contribution in [3.63, 3.8) is 0 Å². The molecule has 2 aliphatic rings. The minimum Gasteiger partial charge on any atom is -0.486 e. The van der Waals surface area contributed by atoms with Crippen LogP contribution in [-0.2, 0) is 11.3 Å². The van der Waals surface area contributed by atoms with Gasteiger partial charge in [0.1, 0.15) is 13.2 Å². The molecule has 9 nitrogen and oxygen atoms in total. The molecule has 0 aliphatic carbocycles. The first-order chi connectivity index (χ1) is 17.5. The quantitative estimate of drug-likeness (QED) is 0.525. The first kappa shape index (κ1) is 24.1. The molecule has 190 valence electrons. The number of aryl methyl sites for hydroxylation is 1. The molecule has 0 unspecified atom stereocenters. The normalized spacial score (nSPS) is 15.6. The van der Waals surface area contributed by atoms with Gasteiger partial charge in [-0.25, -0.2) is 4.79 Å². The molecule has 2 aliphatic heterocycles. The van der Waals surface area contributed by atoms with Gasteiger partial charge < -0.3 is 29.4 Å². The van der Waals surface area contributed by atoms with E-state index in [2.05, 4.69) is 15.2 Å². The monoisotopic (exact) mass is 492 g/mol. The number of fused-ring (bicyclic) bond motifs is 2. The Hall–Kier alpha value is -3.56. The maximum Gasteiger partial charge on any atom is 0.322 e. The predicted octanol–water partition coefficient (Wildman–Crippen LogP) is 3.36. The summed E-state index contributed by atoms with van der Waals surface area (Å²) in [5.74, 6) is 1.28. The molecule has 0 spiro atoms. The molecule has 36 heavy (non-hydrogen) atoms. The van der Waals surface area contributed by atoms with Crippen LogP contribution in [0.25, 0.3) is 10.9 Å². The lowest BCUT2D eigenvalue weighted by molar-refractivity contribution is 0.0365. The molecule has 0 radical (unpaired) electrons. The second-order valence-corrected chi connectivity index (χ2v) is 9.23. The van der Waals surface area contributed by atoms with E-state index in [1.165, 1.54) is 0 Å². The number of ether oxygens (including phenoxy) is 3. The standard InChI is InChI=1S/C27H32N4O5/c1-19-3-5-22(6-4-19)28-27(33)31(8-2-7-30-9-11-34-12-10-30)18-21-15-20-16-24-25(36-14-13-35-24)17-23(20)29-26(21)32/h3-6,15-17H,2,7-14,18H2,1H3,(H,28,33)(H,29,32). The van der Waals surface area contributed by atoms with Crippen LogP contribution in [0.4, 0.5) is 10.5 Å². The first-order valence-corrected chi connectivity index (χ1v) is 12.4. The summed E-state index contributed by atoms with van der Waals surface area (Å²) in [4.78, 5) is 33.2. The molecule has 3 heterocycles. The van der Waals surface area contributed by atoms with Gasteiger partial charge in [0.05, 0.1) is 25.3 Å². The fourth-order valence-corrected chi connectivity index (χ4v) is 4.51. The Labute approximate surface area is 209 Å². The van der Waals surface area contributed by atoms with E-state index in [1.54, 1.807) is 11.0 Å². The van der Waals surface area contributed by atoms with Crippen molar-refractivity contribution in [2.45, 2.75) is 19.9 Å². The summed E-state index contributed by atoms with van der Waals surface area (Å²) >= 11 is 0. The molecule has 1 aromatic heterocycles.